The molecule has 1 heterocycles. The molecular weight excluding hydrogens is 277 g/mol. The van der Waals surface area contributed by atoms with Crippen LogP contribution in [0.4, 0.5) is 10.1 Å². The van der Waals surface area contributed by atoms with Crippen molar-refractivity contribution in [3.05, 3.63) is 71.7 Å². The summed E-state index contributed by atoms with van der Waals surface area (Å²) in [5, 5.41) is 13.5. The fourth-order valence-corrected chi connectivity index (χ4v) is 2.44. The molecule has 0 amide bonds. The molecule has 2 aromatic carbocycles. The van der Waals surface area contributed by atoms with Crippen molar-refractivity contribution in [2.75, 3.05) is 11.9 Å². The summed E-state index contributed by atoms with van der Waals surface area (Å²) in [5.74, 6) is -0.232. The molecule has 0 saturated carbocycles. The Bertz CT molecular complexity index is 852. The summed E-state index contributed by atoms with van der Waals surface area (Å²) in [4.78, 5) is 4.28. The number of fused-ring (bicyclic) bond motifs is 1. The monoisotopic (exact) mass is 291 g/mol. The molecule has 0 unspecified atom stereocenters. The van der Waals surface area contributed by atoms with Gasteiger partial charge in [0.05, 0.1) is 16.8 Å². The Balaban J connectivity index is 1.83. The molecule has 1 aromatic heterocycles. The van der Waals surface area contributed by atoms with Gasteiger partial charge < -0.3 is 5.32 Å². The summed E-state index contributed by atoms with van der Waals surface area (Å²) in [7, 11) is 0. The molecule has 0 aliphatic rings. The first-order valence-electron chi connectivity index (χ1n) is 7.04. The Labute approximate surface area is 128 Å². The van der Waals surface area contributed by atoms with Crippen molar-refractivity contribution < 1.29 is 4.39 Å². The maximum Gasteiger partial charge on any atom is 0.123 e. The molecule has 1 N–H and O–H groups in total. The minimum Gasteiger partial charge on any atom is -0.383 e. The van der Waals surface area contributed by atoms with Crippen molar-refractivity contribution in [3.8, 4) is 6.07 Å². The second kappa shape index (κ2) is 6.23. The molecule has 3 nitrogen and oxygen atoms in total. The number of hydrogen-bond donors (Lipinski definition) is 1. The Morgan fingerprint density at radius 2 is 2.00 bits per heavy atom. The van der Waals surface area contributed by atoms with Crippen molar-refractivity contribution in [2.24, 2.45) is 0 Å². The minimum atomic E-state index is -0.232. The first kappa shape index (κ1) is 14.0. The maximum absolute atomic E-state index is 13.2. The molecule has 0 fully saturated rings. The van der Waals surface area contributed by atoms with Crippen LogP contribution >= 0.6 is 0 Å². The second-order valence-electron chi connectivity index (χ2n) is 4.98. The van der Waals surface area contributed by atoms with Crippen LogP contribution in [0, 0.1) is 17.1 Å². The third-order valence-electron chi connectivity index (χ3n) is 3.50. The van der Waals surface area contributed by atoms with E-state index < -0.39 is 0 Å². The van der Waals surface area contributed by atoms with E-state index in [0.717, 1.165) is 22.2 Å². The summed E-state index contributed by atoms with van der Waals surface area (Å²) in [6.07, 6.45) is 2.26. The Kier molecular flexibility index (Phi) is 3.97. The topological polar surface area (TPSA) is 48.7 Å². The van der Waals surface area contributed by atoms with Gasteiger partial charge in [0.1, 0.15) is 11.9 Å². The van der Waals surface area contributed by atoms with Crippen LogP contribution in [-0.4, -0.2) is 11.5 Å². The van der Waals surface area contributed by atoms with Crippen LogP contribution in [0.25, 0.3) is 10.9 Å². The second-order valence-corrected chi connectivity index (χ2v) is 4.98. The Morgan fingerprint density at radius 3 is 2.82 bits per heavy atom. The molecule has 3 rings (SSSR count). The first-order valence-corrected chi connectivity index (χ1v) is 7.04. The van der Waals surface area contributed by atoms with E-state index in [1.807, 2.05) is 30.3 Å². The van der Waals surface area contributed by atoms with Gasteiger partial charge in [0, 0.05) is 18.1 Å². The Hall–Kier alpha value is -2.93. The predicted molar refractivity (Wildman–Crippen MR) is 85.1 cm³/mol. The first-order chi connectivity index (χ1) is 10.8. The summed E-state index contributed by atoms with van der Waals surface area (Å²) in [6.45, 7) is 0.617. The lowest BCUT2D eigenvalue weighted by molar-refractivity contribution is 0.625. The smallest absolute Gasteiger partial charge is 0.123 e. The number of nitriles is 1. The highest BCUT2D eigenvalue weighted by molar-refractivity contribution is 5.93. The molecule has 0 radical (unpaired) electrons. The van der Waals surface area contributed by atoms with E-state index in [1.54, 1.807) is 12.3 Å². The van der Waals surface area contributed by atoms with Crippen LogP contribution in [0.5, 0.6) is 0 Å². The van der Waals surface area contributed by atoms with Gasteiger partial charge in [-0.1, -0.05) is 30.3 Å². The standard InChI is InChI=1S/C18H14FN3/c19-15-5-3-4-13(10-15)8-9-21-18-14(11-20)12-22-17-7-2-1-6-16(17)18/h1-7,10,12H,8-9H2,(H,21,22). The molecule has 0 atom stereocenters. The van der Waals surface area contributed by atoms with E-state index in [1.165, 1.54) is 12.1 Å². The van der Waals surface area contributed by atoms with Gasteiger partial charge in [-0.05, 0) is 30.2 Å². The SMILES string of the molecule is N#Cc1cnc2ccccc2c1NCCc1cccc(F)c1. The van der Waals surface area contributed by atoms with Crippen LogP contribution in [-0.2, 0) is 6.42 Å². The van der Waals surface area contributed by atoms with E-state index in [4.69, 9.17) is 0 Å². The largest absolute Gasteiger partial charge is 0.383 e. The van der Waals surface area contributed by atoms with E-state index in [9.17, 15) is 9.65 Å². The van der Waals surface area contributed by atoms with E-state index in [-0.39, 0.29) is 5.82 Å². The third-order valence-corrected chi connectivity index (χ3v) is 3.50. The predicted octanol–water partition coefficient (Wildman–Crippen LogP) is 3.90. The van der Waals surface area contributed by atoms with Crippen LogP contribution < -0.4 is 5.32 Å². The fraction of sp³-hybridized carbons (Fsp3) is 0.111. The molecule has 4 heteroatoms. The van der Waals surface area contributed by atoms with E-state index in [0.29, 0.717) is 18.5 Å². The van der Waals surface area contributed by atoms with Crippen LogP contribution in [0.15, 0.2) is 54.7 Å². The van der Waals surface area contributed by atoms with Crippen LogP contribution in [0.2, 0.25) is 0 Å². The molecular formula is C18H14FN3. The number of rotatable bonds is 4. The zero-order valence-electron chi connectivity index (χ0n) is 11.9. The molecule has 0 saturated heterocycles. The third kappa shape index (κ3) is 2.89. The van der Waals surface area contributed by atoms with Gasteiger partial charge in [-0.3, -0.25) is 4.98 Å². The van der Waals surface area contributed by atoms with Gasteiger partial charge in [-0.25, -0.2) is 4.39 Å². The quantitative estimate of drug-likeness (QED) is 0.793. The molecule has 0 aliphatic carbocycles. The minimum absolute atomic E-state index is 0.232. The molecule has 108 valence electrons. The number of aromatic nitrogens is 1. The van der Waals surface area contributed by atoms with Crippen molar-refractivity contribution in [2.45, 2.75) is 6.42 Å². The number of nitrogens with zero attached hydrogens (tertiary/aromatic N) is 2. The molecule has 0 aliphatic heterocycles. The highest BCUT2D eigenvalue weighted by Crippen LogP contribution is 2.25. The Morgan fingerprint density at radius 1 is 1.14 bits per heavy atom. The number of nitrogens with one attached hydrogen (secondary N) is 1. The maximum atomic E-state index is 13.2. The van der Waals surface area contributed by atoms with Gasteiger partial charge in [0.25, 0.3) is 0 Å². The lowest BCUT2D eigenvalue weighted by Crippen LogP contribution is -2.07. The van der Waals surface area contributed by atoms with Gasteiger partial charge >= 0.3 is 0 Å². The average molecular weight is 291 g/mol. The van der Waals surface area contributed by atoms with Crippen LogP contribution in [0.1, 0.15) is 11.1 Å². The number of benzene rings is 2. The normalized spacial score (nSPS) is 10.4. The number of para-hydroxylation sites is 1. The van der Waals surface area contributed by atoms with Gasteiger partial charge in [0.15, 0.2) is 0 Å². The van der Waals surface area contributed by atoms with Crippen molar-refractivity contribution >= 4 is 16.6 Å². The van der Waals surface area contributed by atoms with Gasteiger partial charge in [0.2, 0.25) is 0 Å². The molecule has 22 heavy (non-hydrogen) atoms. The van der Waals surface area contributed by atoms with Crippen LogP contribution in [0.3, 0.4) is 0 Å². The lowest BCUT2D eigenvalue weighted by atomic mass is 10.1. The zero-order valence-corrected chi connectivity index (χ0v) is 11.9. The summed E-state index contributed by atoms with van der Waals surface area (Å²) < 4.78 is 13.2. The van der Waals surface area contributed by atoms with Gasteiger partial charge in [-0.2, -0.15) is 5.26 Å². The number of halogens is 1. The number of hydrogen-bond acceptors (Lipinski definition) is 3. The molecule has 0 spiro atoms. The highest BCUT2D eigenvalue weighted by atomic mass is 19.1. The van der Waals surface area contributed by atoms with E-state index in [2.05, 4.69) is 16.4 Å². The highest BCUT2D eigenvalue weighted by Gasteiger charge is 2.07. The van der Waals surface area contributed by atoms with Crippen molar-refractivity contribution in [3.63, 3.8) is 0 Å². The van der Waals surface area contributed by atoms with Crippen molar-refractivity contribution in [1.82, 2.24) is 4.98 Å². The van der Waals surface area contributed by atoms with Gasteiger partial charge in [-0.15, -0.1) is 0 Å². The molecule has 0 bridgehead atoms. The average Bonchev–Trinajstić information content (AvgIpc) is 2.55. The fourth-order valence-electron chi connectivity index (χ4n) is 2.44. The number of pyridine rings is 1. The zero-order chi connectivity index (χ0) is 15.4. The summed E-state index contributed by atoms with van der Waals surface area (Å²) >= 11 is 0. The van der Waals surface area contributed by atoms with E-state index >= 15 is 0 Å². The summed E-state index contributed by atoms with van der Waals surface area (Å²) in [5.41, 5.74) is 3.06. The molecule has 3 aromatic rings. The van der Waals surface area contributed by atoms with Crippen molar-refractivity contribution in [1.29, 1.82) is 5.26 Å². The number of anilines is 1. The lowest BCUT2D eigenvalue weighted by Gasteiger charge is -2.11. The summed E-state index contributed by atoms with van der Waals surface area (Å²) in [6, 6.07) is 16.4.